The molecule has 3 aromatic carbocycles. The van der Waals surface area contributed by atoms with E-state index in [1.165, 1.54) is 56.9 Å². The van der Waals surface area contributed by atoms with Crippen LogP contribution in [-0.4, -0.2) is 0 Å². The maximum atomic E-state index is 15.3. The van der Waals surface area contributed by atoms with E-state index in [9.17, 15) is 0 Å². The first-order chi connectivity index (χ1) is 17.7. The van der Waals surface area contributed by atoms with Gasteiger partial charge in [0.1, 0.15) is 5.82 Å². The van der Waals surface area contributed by atoms with Gasteiger partial charge in [0.05, 0.1) is 0 Å². The minimum absolute atomic E-state index is 0.0506. The zero-order valence-corrected chi connectivity index (χ0v) is 22.0. The minimum Gasteiger partial charge on any atom is -0.206 e. The van der Waals surface area contributed by atoms with Gasteiger partial charge in [0.2, 0.25) is 0 Å². The maximum absolute atomic E-state index is 15.3. The summed E-state index contributed by atoms with van der Waals surface area (Å²) in [5.74, 6) is 8.09. The Kier molecular flexibility index (Phi) is 9.80. The van der Waals surface area contributed by atoms with Crippen LogP contribution in [0.4, 0.5) is 4.39 Å². The lowest BCUT2D eigenvalue weighted by atomic mass is 9.78. The van der Waals surface area contributed by atoms with Crippen LogP contribution in [0.2, 0.25) is 0 Å². The molecule has 0 unspecified atom stereocenters. The highest BCUT2D eigenvalue weighted by atomic mass is 19.1. The molecule has 3 aromatic rings. The molecule has 188 valence electrons. The number of halogens is 1. The molecule has 1 saturated carbocycles. The molecule has 0 atom stereocenters. The normalized spacial score (nSPS) is 17.5. The highest BCUT2D eigenvalue weighted by Crippen LogP contribution is 2.34. The lowest BCUT2D eigenvalue weighted by molar-refractivity contribution is 0.254. The molecule has 0 N–H and O–H groups in total. The summed E-state index contributed by atoms with van der Waals surface area (Å²) in [5, 5.41) is 1.64. The van der Waals surface area contributed by atoms with Crippen molar-refractivity contribution in [1.82, 2.24) is 0 Å². The van der Waals surface area contributed by atoms with Crippen molar-refractivity contribution in [2.75, 3.05) is 0 Å². The predicted octanol–water partition coefficient (Wildman–Crippen LogP) is 9.82. The van der Waals surface area contributed by atoms with E-state index in [0.29, 0.717) is 5.39 Å². The molecule has 0 nitrogen and oxygen atoms in total. The predicted molar refractivity (Wildman–Crippen MR) is 153 cm³/mol. The summed E-state index contributed by atoms with van der Waals surface area (Å²) in [4.78, 5) is 0. The Morgan fingerprint density at radius 1 is 0.833 bits per heavy atom. The van der Waals surface area contributed by atoms with Gasteiger partial charge in [-0.25, -0.2) is 4.39 Å². The van der Waals surface area contributed by atoms with Crippen LogP contribution in [-0.2, 0) is 12.8 Å². The quantitative estimate of drug-likeness (QED) is 0.154. The first-order valence-electron chi connectivity index (χ1n) is 14.1. The highest BCUT2D eigenvalue weighted by Gasteiger charge is 2.21. The van der Waals surface area contributed by atoms with Crippen LogP contribution in [0, 0.1) is 29.5 Å². The third kappa shape index (κ3) is 7.33. The molecule has 0 spiro atoms. The van der Waals surface area contributed by atoms with Crippen LogP contribution in [0.3, 0.4) is 0 Å². The van der Waals surface area contributed by atoms with Gasteiger partial charge in [-0.1, -0.05) is 93.7 Å². The number of hydrogen-bond donors (Lipinski definition) is 0. The monoisotopic (exact) mass is 480 g/mol. The largest absolute Gasteiger partial charge is 0.206 e. The Labute approximate surface area is 218 Å². The summed E-state index contributed by atoms with van der Waals surface area (Å²) in [6.07, 6.45) is 16.5. The fraction of sp³-hybridized carbons (Fsp3) is 0.429. The van der Waals surface area contributed by atoms with Gasteiger partial charge in [0.25, 0.3) is 0 Å². The Morgan fingerprint density at radius 3 is 2.25 bits per heavy atom. The Hall–Kier alpha value is -2.85. The summed E-state index contributed by atoms with van der Waals surface area (Å²) in [6, 6.07) is 18.5. The summed E-state index contributed by atoms with van der Waals surface area (Å²) in [7, 11) is 0. The SMILES string of the molecule is C=CCCC1CCC(CCc2ccc3cc(C#Cc4ccc(CCCCC)cc4)ccc3c2F)CC1. The zero-order valence-electron chi connectivity index (χ0n) is 22.0. The summed E-state index contributed by atoms with van der Waals surface area (Å²) in [5.41, 5.74) is 4.18. The first kappa shape index (κ1) is 26.2. The second-order valence-corrected chi connectivity index (χ2v) is 10.7. The van der Waals surface area contributed by atoms with Crippen molar-refractivity contribution in [3.05, 3.63) is 95.3 Å². The van der Waals surface area contributed by atoms with E-state index < -0.39 is 0 Å². The third-order valence-electron chi connectivity index (χ3n) is 7.98. The fourth-order valence-electron chi connectivity index (χ4n) is 5.61. The van der Waals surface area contributed by atoms with Crippen molar-refractivity contribution < 1.29 is 4.39 Å². The van der Waals surface area contributed by atoms with E-state index in [0.717, 1.165) is 59.6 Å². The van der Waals surface area contributed by atoms with Gasteiger partial charge in [-0.3, -0.25) is 0 Å². The van der Waals surface area contributed by atoms with Crippen molar-refractivity contribution in [3.8, 4) is 11.8 Å². The molecule has 1 aliphatic rings. The number of allylic oxidation sites excluding steroid dienone is 1. The van der Waals surface area contributed by atoms with Gasteiger partial charge in [-0.15, -0.1) is 6.58 Å². The van der Waals surface area contributed by atoms with Crippen molar-refractivity contribution >= 4 is 10.8 Å². The molecule has 0 aliphatic heterocycles. The van der Waals surface area contributed by atoms with Crippen LogP contribution in [0.5, 0.6) is 0 Å². The average Bonchev–Trinajstić information content (AvgIpc) is 2.92. The van der Waals surface area contributed by atoms with Crippen LogP contribution >= 0.6 is 0 Å². The smallest absolute Gasteiger partial charge is 0.134 e. The van der Waals surface area contributed by atoms with E-state index in [1.807, 2.05) is 30.3 Å². The number of benzene rings is 3. The molecule has 0 heterocycles. The molecule has 0 bridgehead atoms. The van der Waals surface area contributed by atoms with Gasteiger partial charge >= 0.3 is 0 Å². The number of fused-ring (bicyclic) bond motifs is 1. The highest BCUT2D eigenvalue weighted by molar-refractivity contribution is 5.85. The van der Waals surface area contributed by atoms with Crippen molar-refractivity contribution in [2.45, 2.75) is 84.0 Å². The second kappa shape index (κ2) is 13.5. The van der Waals surface area contributed by atoms with Crippen molar-refractivity contribution in [2.24, 2.45) is 11.8 Å². The van der Waals surface area contributed by atoms with Crippen LogP contribution in [0.25, 0.3) is 10.8 Å². The van der Waals surface area contributed by atoms with Crippen LogP contribution in [0.15, 0.2) is 67.3 Å². The van der Waals surface area contributed by atoms with Crippen LogP contribution in [0.1, 0.15) is 93.4 Å². The lowest BCUT2D eigenvalue weighted by Crippen LogP contribution is -2.15. The molecule has 0 radical (unpaired) electrons. The second-order valence-electron chi connectivity index (χ2n) is 10.7. The van der Waals surface area contributed by atoms with E-state index in [4.69, 9.17) is 0 Å². The van der Waals surface area contributed by atoms with Crippen molar-refractivity contribution in [1.29, 1.82) is 0 Å². The molecule has 0 saturated heterocycles. The van der Waals surface area contributed by atoms with Gasteiger partial charge in [-0.05, 0) is 91.1 Å². The first-order valence-corrected chi connectivity index (χ1v) is 14.1. The van der Waals surface area contributed by atoms with Crippen LogP contribution < -0.4 is 0 Å². The molecule has 0 aromatic heterocycles. The van der Waals surface area contributed by atoms with E-state index >= 15 is 4.39 Å². The Bertz CT molecular complexity index is 1180. The van der Waals surface area contributed by atoms with Crippen molar-refractivity contribution in [3.63, 3.8) is 0 Å². The lowest BCUT2D eigenvalue weighted by Gasteiger charge is -2.28. The summed E-state index contributed by atoms with van der Waals surface area (Å²) >= 11 is 0. The van der Waals surface area contributed by atoms with E-state index in [1.54, 1.807) is 0 Å². The van der Waals surface area contributed by atoms with Gasteiger partial charge < -0.3 is 0 Å². The molecule has 0 amide bonds. The minimum atomic E-state index is -0.0506. The maximum Gasteiger partial charge on any atom is 0.134 e. The Morgan fingerprint density at radius 2 is 1.53 bits per heavy atom. The van der Waals surface area contributed by atoms with Gasteiger partial charge in [-0.2, -0.15) is 0 Å². The van der Waals surface area contributed by atoms with E-state index in [2.05, 4.69) is 55.7 Å². The Balaban J connectivity index is 1.35. The topological polar surface area (TPSA) is 0 Å². The summed E-state index contributed by atoms with van der Waals surface area (Å²) < 4.78 is 15.3. The molecule has 4 rings (SSSR count). The number of hydrogen-bond acceptors (Lipinski definition) is 0. The number of unbranched alkanes of at least 4 members (excludes halogenated alkanes) is 2. The molecule has 36 heavy (non-hydrogen) atoms. The number of rotatable bonds is 10. The zero-order chi connectivity index (χ0) is 25.2. The molecule has 1 heteroatoms. The van der Waals surface area contributed by atoms with E-state index in [-0.39, 0.29) is 5.82 Å². The molecule has 1 aliphatic carbocycles. The fourth-order valence-corrected chi connectivity index (χ4v) is 5.61. The number of aryl methyl sites for hydroxylation is 2. The van der Waals surface area contributed by atoms with Gasteiger partial charge in [0.15, 0.2) is 0 Å². The average molecular weight is 481 g/mol. The third-order valence-corrected chi connectivity index (χ3v) is 7.98. The standard InChI is InChI=1S/C35H41F/c1-3-5-7-9-28-12-14-29(15-13-28)18-19-31-21-25-34-33(26-31)24-23-32(35(34)36)22-20-30-16-10-27(11-17-30)8-6-4-2/h4,12-15,21,23-27,30H,2-3,5-11,16-17,20,22H2,1H3. The van der Waals surface area contributed by atoms with Gasteiger partial charge in [0, 0.05) is 16.5 Å². The molecular formula is C35H41F. The molecule has 1 fully saturated rings. The molecular weight excluding hydrogens is 439 g/mol. The summed E-state index contributed by atoms with van der Waals surface area (Å²) in [6.45, 7) is 6.08.